The van der Waals surface area contributed by atoms with Gasteiger partial charge in [-0.2, -0.15) is 30.6 Å². The molecule has 2 saturated heterocycles. The third-order valence-corrected chi connectivity index (χ3v) is 31.2. The number of cyclic esters (lactones) is 1. The van der Waals surface area contributed by atoms with Crippen LogP contribution in [0.15, 0.2) is 282 Å². The number of hydrogen-bond donors (Lipinski definition) is 2. The maximum Gasteiger partial charge on any atom is 0.428 e. The number of ether oxygens (including phenoxy) is 1. The van der Waals surface area contributed by atoms with Crippen molar-refractivity contribution in [2.75, 3.05) is 84.9 Å². The van der Waals surface area contributed by atoms with E-state index in [2.05, 4.69) is 208 Å². The molecule has 764 valence electrons. The Morgan fingerprint density at radius 1 is 0.436 bits per heavy atom. The lowest BCUT2D eigenvalue weighted by atomic mass is 10.1. The number of para-hydroxylation sites is 2. The van der Waals surface area contributed by atoms with Crippen molar-refractivity contribution in [2.45, 2.75) is 259 Å². The van der Waals surface area contributed by atoms with E-state index in [0.29, 0.717) is 0 Å². The van der Waals surface area contributed by atoms with Crippen LogP contribution in [-0.2, 0) is 50.5 Å². The molecule has 2 aliphatic heterocycles. The quantitative estimate of drug-likeness (QED) is 0.0118. The van der Waals surface area contributed by atoms with Gasteiger partial charge in [0.15, 0.2) is 24.7 Å². The number of carbonyl (C=O) groups is 2. The van der Waals surface area contributed by atoms with Crippen LogP contribution in [-0.4, -0.2) is 183 Å². The molecule has 0 radical (unpaired) electrons. The number of esters is 1. The number of benzene rings is 9. The fourth-order valence-corrected chi connectivity index (χ4v) is 22.2. The van der Waals surface area contributed by atoms with Crippen molar-refractivity contribution in [3.8, 4) is 45.3 Å². The smallest absolute Gasteiger partial charge is 0.428 e. The second-order valence-corrected chi connectivity index (χ2v) is 42.9. The van der Waals surface area contributed by atoms with Gasteiger partial charge >= 0.3 is 22.4 Å². The highest BCUT2D eigenvalue weighted by atomic mass is 32.3. The van der Waals surface area contributed by atoms with E-state index in [1.165, 1.54) is 253 Å². The summed E-state index contributed by atoms with van der Waals surface area (Å²) >= 11 is 0. The highest BCUT2D eigenvalue weighted by molar-refractivity contribution is 8.12. The molecule has 0 saturated carbocycles. The summed E-state index contributed by atoms with van der Waals surface area (Å²) in [5.74, 6) is -7.09. The number of unbranched alkanes of at least 4 members (excludes halogenated alkanes) is 19. The first-order valence-electron chi connectivity index (χ1n) is 50.1. The Kier molecular flexibility index (Phi) is 52.4. The van der Waals surface area contributed by atoms with Gasteiger partial charge in [0.05, 0.1) is 82.1 Å². The highest BCUT2D eigenvalue weighted by Crippen LogP contribution is 2.53. The minimum atomic E-state index is -7.14. The molecular formula is C111H149F6N9O10S4. The van der Waals surface area contributed by atoms with Gasteiger partial charge in [-0.1, -0.05) is 389 Å². The standard InChI is InChI=1S/C24H51N.C21H16N2.C18H15S.C16H36N.C13H10N2.C12H16F6N3O8S3.C7H6O2/c1-4-7-10-13-16-19-22-25(23-20-17-14-11-8-5-2)24-21-18-15-12-9-6-3;1-4-10-16(11-5-1)19-20(17-12-6-2-7-13-17)23-21(22-19)18-14-8-3-9-15-18;1-4-10-16(11-5-1)19(17-12-6-2-7-13-17)18-14-8-3-9-15-18;1-5-9-13-17(14-10-6-2,15-11-7-3)16-12-8-4;1-2-6-10(7-3-1)13-14-11-8-4-5-9-12(11)15-13;1-30(23,24)19-31(25,26)11(15,16)10(13,14)12(17,18)32(27,28)21-5-3-20(4-6-21)8-2-7-29-9(8)22;8-7(9)6-4-2-1-3-5-6/h4-24H2,1-3H3;1-15H,(H,22,23);1-15H;5-16H2,1-4H3;1-9H,(H,14,15);8H,2-7H2,1H3;1-5H,(H,8,9)/q;;2*+1;;-1;/p-1. The number of carbonyl (C=O) groups excluding carboxylic acids is 2. The second-order valence-electron chi connectivity index (χ2n) is 35.4. The molecule has 2 aromatic heterocycles. The minimum absolute atomic E-state index is 0.0146. The number of nitrogens with zero attached hydrogens (tertiary/aromatic N) is 7. The van der Waals surface area contributed by atoms with E-state index >= 15 is 0 Å². The number of quaternary nitrogens is 1. The van der Waals surface area contributed by atoms with Crippen molar-refractivity contribution >= 4 is 63.9 Å². The summed E-state index contributed by atoms with van der Waals surface area (Å²) in [6.07, 6.45) is 36.9. The number of halogens is 6. The lowest BCUT2D eigenvalue weighted by molar-refractivity contribution is -0.929. The number of carboxylic acid groups (broad SMARTS) is 1. The topological polar surface area (TPSA) is 250 Å². The van der Waals surface area contributed by atoms with Gasteiger partial charge in [-0.3, -0.25) is 9.69 Å². The molecule has 0 amide bonds. The van der Waals surface area contributed by atoms with Gasteiger partial charge in [0.1, 0.15) is 17.7 Å². The van der Waals surface area contributed by atoms with Crippen LogP contribution in [0.5, 0.6) is 0 Å². The van der Waals surface area contributed by atoms with E-state index in [-0.39, 0.29) is 40.0 Å². The zero-order valence-electron chi connectivity index (χ0n) is 83.2. The summed E-state index contributed by atoms with van der Waals surface area (Å²) in [7, 11) is -19.0. The van der Waals surface area contributed by atoms with Crippen molar-refractivity contribution < 1.29 is 75.5 Å². The Labute approximate surface area is 833 Å². The van der Waals surface area contributed by atoms with Gasteiger partial charge < -0.3 is 38.1 Å². The molecular weight excluding hydrogens is 1860 g/mol. The molecule has 0 aliphatic carbocycles. The molecule has 2 N–H and O–H groups in total. The van der Waals surface area contributed by atoms with Crippen LogP contribution in [0.3, 0.4) is 0 Å². The maximum atomic E-state index is 14.3. The number of imidazole rings is 2. The molecule has 2 fully saturated rings. The Morgan fingerprint density at radius 3 is 1.14 bits per heavy atom. The molecule has 4 heterocycles. The predicted octanol–water partition coefficient (Wildman–Crippen LogP) is 26.6. The van der Waals surface area contributed by atoms with Crippen LogP contribution in [0.1, 0.15) is 232 Å². The van der Waals surface area contributed by atoms with Gasteiger partial charge in [0.2, 0.25) is 0 Å². The van der Waals surface area contributed by atoms with Gasteiger partial charge in [0.25, 0.3) is 10.0 Å². The fourth-order valence-electron chi connectivity index (χ4n) is 16.3. The normalized spacial score (nSPS) is 13.7. The van der Waals surface area contributed by atoms with E-state index in [4.69, 9.17) is 9.72 Å². The summed E-state index contributed by atoms with van der Waals surface area (Å²) < 4.78 is 160. The number of aromatic amines is 2. The summed E-state index contributed by atoms with van der Waals surface area (Å²) in [5.41, 5.74) is 8.81. The van der Waals surface area contributed by atoms with E-state index in [0.717, 1.165) is 56.3 Å². The molecule has 1 unspecified atom stereocenters. The number of alkyl halides is 6. The summed E-state index contributed by atoms with van der Waals surface area (Å²) in [6.45, 7) is 23.4. The van der Waals surface area contributed by atoms with Crippen molar-refractivity contribution in [3.63, 3.8) is 0 Å². The van der Waals surface area contributed by atoms with Crippen LogP contribution < -0.4 is 5.11 Å². The first-order chi connectivity index (χ1) is 67.4. The zero-order valence-corrected chi connectivity index (χ0v) is 86.4. The van der Waals surface area contributed by atoms with Crippen molar-refractivity contribution in [2.24, 2.45) is 0 Å². The van der Waals surface area contributed by atoms with Crippen LogP contribution in [0, 0.1) is 0 Å². The Balaban J connectivity index is 0.000000227. The SMILES string of the molecule is CCCCCCCCN(CCCCCCCC)CCCCCCCC.CCCC[N+](CCCC)(CCCC)CCCC.CS(=O)(=O)[N-]S(=O)(=O)C(F)(F)C(F)(F)C(F)(F)S(=O)(=O)N1CCN(C2CCOC2=O)CC1.O=C([O-])c1ccccc1.c1ccc(-c2nc(-c3ccccc3)c(-c3ccccc3)[nH]2)cc1.c1ccc(-c2nc3ccccc3[nH]2)cc1.c1ccc([S+](c2ccccc2)c2ccccc2)cc1. The third kappa shape index (κ3) is 38.1. The first-order valence-corrected chi connectivity index (χ1v) is 56.1. The average molecular weight is 2010 g/mol. The Morgan fingerprint density at radius 2 is 0.779 bits per heavy atom. The number of aromatic carboxylic acids is 1. The summed E-state index contributed by atoms with van der Waals surface area (Å²) in [5, 5.41) is -3.50. The third-order valence-electron chi connectivity index (χ3n) is 24.2. The fraction of sp³-hybridized carbons (Fsp3) is 0.459. The predicted molar refractivity (Wildman–Crippen MR) is 558 cm³/mol. The number of fused-ring (bicyclic) bond motifs is 1. The average Bonchev–Trinajstić information content (AvgIpc) is 0.889. The molecule has 13 rings (SSSR count). The van der Waals surface area contributed by atoms with Crippen molar-refractivity contribution in [1.29, 1.82) is 0 Å². The molecule has 19 nitrogen and oxygen atoms in total. The van der Waals surface area contributed by atoms with E-state index in [1.54, 1.807) is 18.2 Å². The Hall–Kier alpha value is -9.82. The first kappa shape index (κ1) is 117. The van der Waals surface area contributed by atoms with Gasteiger partial charge in [-0.05, 0) is 119 Å². The number of H-pyrrole nitrogens is 2. The molecule has 0 bridgehead atoms. The van der Waals surface area contributed by atoms with E-state index in [1.807, 2.05) is 97.1 Å². The molecule has 29 heteroatoms. The second kappa shape index (κ2) is 62.6. The number of nitrogens with one attached hydrogen (secondary N) is 2. The monoisotopic (exact) mass is 2010 g/mol. The lowest BCUT2D eigenvalue weighted by Crippen LogP contribution is -2.64. The van der Waals surface area contributed by atoms with Gasteiger partial charge in [0, 0.05) is 61.1 Å². The maximum absolute atomic E-state index is 14.3. The molecule has 1 atom stereocenters. The Bertz CT molecular complexity index is 5340. The largest absolute Gasteiger partial charge is 0.545 e. The molecule has 9 aromatic carbocycles. The van der Waals surface area contributed by atoms with Gasteiger partial charge in [-0.25, -0.2) is 35.2 Å². The number of aromatic nitrogens is 4. The highest BCUT2D eigenvalue weighted by Gasteiger charge is 2.81. The lowest BCUT2D eigenvalue weighted by Gasteiger charge is -2.40. The molecule has 0 spiro atoms. The van der Waals surface area contributed by atoms with Crippen molar-refractivity contribution in [3.05, 3.63) is 277 Å². The van der Waals surface area contributed by atoms with Gasteiger partial charge in [-0.15, -0.1) is 0 Å². The summed E-state index contributed by atoms with van der Waals surface area (Å²) in [6, 6.07) is 88.4. The van der Waals surface area contributed by atoms with Crippen LogP contribution in [0.2, 0.25) is 0 Å². The molecule has 140 heavy (non-hydrogen) atoms. The number of piperazine rings is 1. The van der Waals surface area contributed by atoms with Crippen LogP contribution in [0.25, 0.3) is 60.5 Å². The van der Waals surface area contributed by atoms with Crippen LogP contribution in [0.4, 0.5) is 26.3 Å². The van der Waals surface area contributed by atoms with E-state index in [9.17, 15) is 66.3 Å². The number of sulfonamides is 3. The number of rotatable bonds is 49. The van der Waals surface area contributed by atoms with E-state index < -0.39 is 90.7 Å². The zero-order chi connectivity index (χ0) is 102. The minimum Gasteiger partial charge on any atom is -0.545 e. The molecule has 11 aromatic rings. The number of hydrogen-bond acceptors (Lipinski definition) is 14. The summed E-state index contributed by atoms with van der Waals surface area (Å²) in [4.78, 5) is 46.0. The van der Waals surface area contributed by atoms with Crippen LogP contribution >= 0.6 is 0 Å². The molecule has 2 aliphatic rings. The van der Waals surface area contributed by atoms with Crippen molar-refractivity contribution in [1.82, 2.24) is 34.0 Å². The number of carboxylic acids is 1.